The Balaban J connectivity index is -0.000000513. The van der Waals surface area contributed by atoms with Crippen molar-refractivity contribution in [3.05, 3.63) is 0 Å². The zero-order valence-electron chi connectivity index (χ0n) is 18.1. The van der Waals surface area contributed by atoms with E-state index in [0.717, 1.165) is 13.5 Å². The minimum Gasteiger partial charge on any atom is -0.379 e. The number of amides is 1. The summed E-state index contributed by atoms with van der Waals surface area (Å²) in [6, 6.07) is 0. The van der Waals surface area contributed by atoms with E-state index in [2.05, 4.69) is 16.8 Å². The lowest BCUT2D eigenvalue weighted by atomic mass is 10.0. The molecule has 0 saturated carbocycles. The summed E-state index contributed by atoms with van der Waals surface area (Å²) >= 11 is 0. The molecule has 0 aliphatic rings. The van der Waals surface area contributed by atoms with Crippen molar-refractivity contribution in [2.24, 2.45) is 11.5 Å². The lowest BCUT2D eigenvalue weighted by molar-refractivity contribution is -0.118. The maximum atomic E-state index is 10.5. The SMILES string of the molecule is CC(N)O.CCCCCCCCCCCCCCCC(N)=O.COS(=O)(=O)O. The number of nitrogens with two attached hydrogens (primary N) is 2. The second kappa shape index (κ2) is 24.3. The molecule has 6 N–H and O–H groups in total. The first-order chi connectivity index (χ1) is 13.1. The maximum absolute atomic E-state index is 10.5. The first kappa shape index (κ1) is 31.9. The third-order valence-corrected chi connectivity index (χ3v) is 4.16. The van der Waals surface area contributed by atoms with Crippen LogP contribution >= 0.6 is 0 Å². The molecule has 0 heterocycles. The normalized spacial score (nSPS) is 11.6. The van der Waals surface area contributed by atoms with Crippen LogP contribution in [0.2, 0.25) is 0 Å². The Bertz CT molecular complexity index is 414. The molecule has 0 radical (unpaired) electrons. The molecule has 0 aromatic rings. The van der Waals surface area contributed by atoms with Gasteiger partial charge >= 0.3 is 10.4 Å². The lowest BCUT2D eigenvalue weighted by Crippen LogP contribution is -2.11. The fourth-order valence-electron chi connectivity index (χ4n) is 2.32. The van der Waals surface area contributed by atoms with E-state index in [4.69, 9.17) is 15.4 Å². The van der Waals surface area contributed by atoms with Crippen molar-refractivity contribution >= 4 is 16.3 Å². The van der Waals surface area contributed by atoms with Gasteiger partial charge in [0.2, 0.25) is 5.91 Å². The zero-order valence-corrected chi connectivity index (χ0v) is 18.9. The van der Waals surface area contributed by atoms with Gasteiger partial charge in [0.25, 0.3) is 0 Å². The summed E-state index contributed by atoms with van der Waals surface area (Å²) in [6.45, 7) is 3.77. The number of primary amides is 1. The van der Waals surface area contributed by atoms with Crippen LogP contribution in [0.25, 0.3) is 0 Å². The number of rotatable bonds is 15. The number of hydrogen-bond acceptors (Lipinski definition) is 6. The van der Waals surface area contributed by atoms with Crippen molar-refractivity contribution < 1.29 is 27.1 Å². The molecule has 0 rings (SSSR count). The molecule has 0 aromatic heterocycles. The molecular formula is C19H44N2O6S. The van der Waals surface area contributed by atoms with Crippen LogP contribution in [0.15, 0.2) is 0 Å². The van der Waals surface area contributed by atoms with E-state index < -0.39 is 16.6 Å². The molecule has 0 aromatic carbocycles. The Labute approximate surface area is 172 Å². The van der Waals surface area contributed by atoms with Gasteiger partial charge in [-0.1, -0.05) is 84.0 Å². The number of aliphatic hydroxyl groups excluding tert-OH is 1. The van der Waals surface area contributed by atoms with Crippen LogP contribution in [0.5, 0.6) is 0 Å². The van der Waals surface area contributed by atoms with Gasteiger partial charge in [-0.3, -0.25) is 13.5 Å². The quantitative estimate of drug-likeness (QED) is 0.176. The monoisotopic (exact) mass is 428 g/mol. The van der Waals surface area contributed by atoms with E-state index in [1.54, 1.807) is 0 Å². The molecule has 8 nitrogen and oxygen atoms in total. The van der Waals surface area contributed by atoms with E-state index in [9.17, 15) is 13.2 Å². The second-order valence-corrected chi connectivity index (χ2v) is 7.98. The topological polar surface area (TPSA) is 153 Å². The van der Waals surface area contributed by atoms with Gasteiger partial charge in [0, 0.05) is 6.42 Å². The first-order valence-corrected chi connectivity index (χ1v) is 11.7. The summed E-state index contributed by atoms with van der Waals surface area (Å²) in [5.74, 6) is -0.155. The fourth-order valence-corrected chi connectivity index (χ4v) is 2.32. The van der Waals surface area contributed by atoms with Crippen molar-refractivity contribution in [1.29, 1.82) is 0 Å². The molecule has 28 heavy (non-hydrogen) atoms. The fraction of sp³-hybridized carbons (Fsp3) is 0.947. The highest BCUT2D eigenvalue weighted by Crippen LogP contribution is 2.12. The molecule has 9 heteroatoms. The van der Waals surface area contributed by atoms with E-state index in [1.807, 2.05) is 0 Å². The average Bonchev–Trinajstić information content (AvgIpc) is 2.58. The third-order valence-electron chi connectivity index (χ3n) is 3.74. The van der Waals surface area contributed by atoms with Gasteiger partial charge in [0.05, 0.1) is 13.3 Å². The smallest absolute Gasteiger partial charge is 0.379 e. The van der Waals surface area contributed by atoms with E-state index >= 15 is 0 Å². The highest BCUT2D eigenvalue weighted by Gasteiger charge is 1.96. The molecule has 0 fully saturated rings. The summed E-state index contributed by atoms with van der Waals surface area (Å²) in [5.41, 5.74) is 9.76. The zero-order chi connectivity index (χ0) is 22.3. The molecule has 172 valence electrons. The molecule has 1 amide bonds. The van der Waals surface area contributed by atoms with Crippen molar-refractivity contribution in [3.8, 4) is 0 Å². The van der Waals surface area contributed by atoms with Crippen molar-refractivity contribution in [1.82, 2.24) is 0 Å². The molecule has 0 aliphatic heterocycles. The lowest BCUT2D eigenvalue weighted by Gasteiger charge is -2.02. The van der Waals surface area contributed by atoms with Crippen LogP contribution in [0, 0.1) is 0 Å². The minimum atomic E-state index is -4.16. The second-order valence-electron chi connectivity index (χ2n) is 6.79. The summed E-state index contributed by atoms with van der Waals surface area (Å²) in [7, 11) is -3.29. The predicted molar refractivity (Wildman–Crippen MR) is 114 cm³/mol. The summed E-state index contributed by atoms with van der Waals surface area (Å²) in [6.07, 6.45) is 17.3. The minimum absolute atomic E-state index is 0.155. The maximum Gasteiger partial charge on any atom is 0.397 e. The first-order valence-electron chi connectivity index (χ1n) is 10.3. The van der Waals surface area contributed by atoms with Gasteiger partial charge in [-0.15, -0.1) is 0 Å². The van der Waals surface area contributed by atoms with Crippen LogP contribution in [-0.4, -0.2) is 37.3 Å². The summed E-state index contributed by atoms with van der Waals surface area (Å²) in [4.78, 5) is 10.5. The highest BCUT2D eigenvalue weighted by atomic mass is 32.3. The van der Waals surface area contributed by atoms with Crippen molar-refractivity contribution in [3.63, 3.8) is 0 Å². The summed E-state index contributed by atoms with van der Waals surface area (Å²) < 4.78 is 29.7. The Morgan fingerprint density at radius 2 is 1.14 bits per heavy atom. The largest absolute Gasteiger partial charge is 0.397 e. The Morgan fingerprint density at radius 1 is 0.893 bits per heavy atom. The van der Waals surface area contributed by atoms with Gasteiger partial charge in [-0.25, -0.2) is 0 Å². The van der Waals surface area contributed by atoms with Crippen LogP contribution in [0.4, 0.5) is 0 Å². The van der Waals surface area contributed by atoms with E-state index in [-0.39, 0.29) is 5.91 Å². The Hall–Kier alpha value is -0.740. The third kappa shape index (κ3) is 49.9. The standard InChI is InChI=1S/C16H33NO.C2H7NO.CH4O4S/c1-2-3-4-5-6-7-8-9-10-11-12-13-14-15-16(17)18;1-2(3)4;1-5-6(2,3)4/h2-15H2,1H3,(H2,17,18);2,4H,3H2,1H3;1H3,(H,2,3,4). The van der Waals surface area contributed by atoms with E-state index in [1.165, 1.54) is 84.0 Å². The van der Waals surface area contributed by atoms with Gasteiger partial charge in [-0.05, 0) is 13.3 Å². The van der Waals surface area contributed by atoms with Gasteiger partial charge in [0.1, 0.15) is 0 Å². The molecule has 1 unspecified atom stereocenters. The van der Waals surface area contributed by atoms with Crippen molar-refractivity contribution in [2.45, 2.75) is 110 Å². The molecule has 0 aliphatic carbocycles. The van der Waals surface area contributed by atoms with Gasteiger partial charge in [0.15, 0.2) is 0 Å². The number of unbranched alkanes of at least 4 members (excludes halogenated alkanes) is 12. The number of aliphatic hydroxyl groups is 1. The molecule has 0 spiro atoms. The molecule has 0 bridgehead atoms. The highest BCUT2D eigenvalue weighted by molar-refractivity contribution is 7.80. The van der Waals surface area contributed by atoms with Crippen LogP contribution in [-0.2, 0) is 19.4 Å². The Morgan fingerprint density at radius 3 is 1.36 bits per heavy atom. The van der Waals surface area contributed by atoms with Crippen LogP contribution in [0.1, 0.15) is 104 Å². The van der Waals surface area contributed by atoms with Crippen molar-refractivity contribution in [2.75, 3.05) is 7.11 Å². The molecule has 1 atom stereocenters. The van der Waals surface area contributed by atoms with Crippen LogP contribution < -0.4 is 11.5 Å². The number of hydrogen-bond donors (Lipinski definition) is 4. The van der Waals surface area contributed by atoms with Gasteiger partial charge < -0.3 is 16.6 Å². The average molecular weight is 429 g/mol. The Kier molecular flexibility index (Phi) is 27.7. The predicted octanol–water partition coefficient (Wildman–Crippen LogP) is 3.67. The van der Waals surface area contributed by atoms with E-state index in [0.29, 0.717) is 6.42 Å². The number of carbonyl (C=O) groups is 1. The van der Waals surface area contributed by atoms with Crippen LogP contribution in [0.3, 0.4) is 0 Å². The number of carbonyl (C=O) groups excluding carboxylic acids is 1. The molecule has 0 saturated heterocycles. The molecular weight excluding hydrogens is 384 g/mol. The van der Waals surface area contributed by atoms with Gasteiger partial charge in [-0.2, -0.15) is 8.42 Å². The summed E-state index contributed by atoms with van der Waals surface area (Å²) in [5, 5.41) is 7.83.